The van der Waals surface area contributed by atoms with Gasteiger partial charge in [0, 0.05) is 23.6 Å². The van der Waals surface area contributed by atoms with Crippen molar-refractivity contribution in [3.05, 3.63) is 77.1 Å². The van der Waals surface area contributed by atoms with Gasteiger partial charge in [0.25, 0.3) is 5.91 Å². The maximum atomic E-state index is 12.6. The molecule has 0 bridgehead atoms. The zero-order valence-corrected chi connectivity index (χ0v) is 14.9. The molecular formula is C21H20N4O. The summed E-state index contributed by atoms with van der Waals surface area (Å²) in [7, 11) is 0. The van der Waals surface area contributed by atoms with E-state index in [1.807, 2.05) is 50.2 Å². The summed E-state index contributed by atoms with van der Waals surface area (Å²) in [6, 6.07) is 17.7. The van der Waals surface area contributed by atoms with Crippen molar-refractivity contribution in [1.82, 2.24) is 9.97 Å². The monoisotopic (exact) mass is 344 g/mol. The van der Waals surface area contributed by atoms with Crippen LogP contribution >= 0.6 is 0 Å². The van der Waals surface area contributed by atoms with E-state index in [-0.39, 0.29) is 5.91 Å². The number of para-hydroxylation sites is 1. The van der Waals surface area contributed by atoms with Crippen LogP contribution in [-0.4, -0.2) is 22.4 Å². The number of nitrogens with zero attached hydrogens (tertiary/aromatic N) is 3. The second-order valence-corrected chi connectivity index (χ2v) is 6.55. The fourth-order valence-corrected chi connectivity index (χ4v) is 3.17. The molecule has 4 rings (SSSR count). The van der Waals surface area contributed by atoms with Gasteiger partial charge in [-0.1, -0.05) is 35.9 Å². The van der Waals surface area contributed by atoms with E-state index in [2.05, 4.69) is 32.3 Å². The molecule has 0 radical (unpaired) electrons. The van der Waals surface area contributed by atoms with Crippen LogP contribution in [0.3, 0.4) is 0 Å². The Labute approximate surface area is 152 Å². The van der Waals surface area contributed by atoms with E-state index >= 15 is 0 Å². The summed E-state index contributed by atoms with van der Waals surface area (Å²) in [6.07, 6.45) is 0.957. The summed E-state index contributed by atoms with van der Waals surface area (Å²) in [5.41, 5.74) is 5.44. The number of nitrogens with one attached hydrogen (secondary N) is 1. The molecule has 0 unspecified atom stereocenters. The second kappa shape index (κ2) is 6.59. The van der Waals surface area contributed by atoms with Gasteiger partial charge < -0.3 is 10.2 Å². The quantitative estimate of drug-likeness (QED) is 0.779. The summed E-state index contributed by atoms with van der Waals surface area (Å²) in [5, 5.41) is 2.90. The normalized spacial score (nSPS) is 12.8. The van der Waals surface area contributed by atoms with Crippen LogP contribution in [0.2, 0.25) is 0 Å². The molecule has 5 heteroatoms. The molecule has 1 aliphatic heterocycles. The lowest BCUT2D eigenvalue weighted by Crippen LogP contribution is -2.20. The van der Waals surface area contributed by atoms with Crippen LogP contribution in [-0.2, 0) is 6.42 Å². The number of benzene rings is 2. The number of anilines is 3. The molecule has 0 saturated carbocycles. The predicted octanol–water partition coefficient (Wildman–Crippen LogP) is 4.04. The van der Waals surface area contributed by atoms with Gasteiger partial charge in [0.2, 0.25) is 5.95 Å². The van der Waals surface area contributed by atoms with Crippen molar-refractivity contribution in [3.8, 4) is 0 Å². The Balaban J connectivity index is 1.62. The van der Waals surface area contributed by atoms with Crippen molar-refractivity contribution in [2.45, 2.75) is 20.3 Å². The zero-order chi connectivity index (χ0) is 18.1. The van der Waals surface area contributed by atoms with Crippen molar-refractivity contribution in [3.63, 3.8) is 0 Å². The molecule has 1 aromatic heterocycles. The van der Waals surface area contributed by atoms with Crippen LogP contribution in [0.25, 0.3) is 0 Å². The Hall–Kier alpha value is -3.21. The van der Waals surface area contributed by atoms with Crippen LogP contribution in [0.15, 0.2) is 54.6 Å². The Morgan fingerprint density at radius 3 is 2.62 bits per heavy atom. The lowest BCUT2D eigenvalue weighted by Gasteiger charge is -2.18. The lowest BCUT2D eigenvalue weighted by molar-refractivity contribution is 0.102. The molecule has 0 aliphatic carbocycles. The van der Waals surface area contributed by atoms with Crippen LogP contribution in [0.5, 0.6) is 0 Å². The fraction of sp³-hybridized carbons (Fsp3) is 0.190. The number of aryl methyl sites for hydroxylation is 2. The molecule has 5 nitrogen and oxygen atoms in total. The molecule has 130 valence electrons. The summed E-state index contributed by atoms with van der Waals surface area (Å²) in [4.78, 5) is 23.8. The molecule has 0 atom stereocenters. The molecule has 2 aromatic carbocycles. The van der Waals surface area contributed by atoms with E-state index in [0.717, 1.165) is 35.6 Å². The van der Waals surface area contributed by atoms with E-state index in [1.165, 1.54) is 5.56 Å². The first-order valence-corrected chi connectivity index (χ1v) is 8.69. The number of fused-ring (bicyclic) bond motifs is 1. The Morgan fingerprint density at radius 2 is 1.81 bits per heavy atom. The molecule has 2 heterocycles. The smallest absolute Gasteiger partial charge is 0.274 e. The van der Waals surface area contributed by atoms with Gasteiger partial charge in [0.05, 0.1) is 0 Å². The number of aromatic nitrogens is 2. The lowest BCUT2D eigenvalue weighted by atomic mass is 10.2. The minimum atomic E-state index is -0.229. The number of hydrogen-bond acceptors (Lipinski definition) is 4. The summed E-state index contributed by atoms with van der Waals surface area (Å²) in [6.45, 7) is 4.72. The van der Waals surface area contributed by atoms with Crippen molar-refractivity contribution in [1.29, 1.82) is 0 Å². The third kappa shape index (κ3) is 3.16. The average molecular weight is 344 g/mol. The topological polar surface area (TPSA) is 58.1 Å². The third-order valence-electron chi connectivity index (χ3n) is 4.51. The average Bonchev–Trinajstić information content (AvgIpc) is 3.07. The van der Waals surface area contributed by atoms with Gasteiger partial charge in [-0.05, 0) is 50.1 Å². The van der Waals surface area contributed by atoms with Gasteiger partial charge in [-0.3, -0.25) is 4.79 Å². The van der Waals surface area contributed by atoms with Crippen molar-refractivity contribution in [2.75, 3.05) is 16.8 Å². The van der Waals surface area contributed by atoms with Crippen molar-refractivity contribution < 1.29 is 4.79 Å². The predicted molar refractivity (Wildman–Crippen MR) is 103 cm³/mol. The summed E-state index contributed by atoms with van der Waals surface area (Å²) in [5.74, 6) is 0.345. The molecule has 1 amide bonds. The molecule has 0 fully saturated rings. The van der Waals surface area contributed by atoms with Gasteiger partial charge in [-0.25, -0.2) is 9.97 Å². The first kappa shape index (κ1) is 16.3. The highest BCUT2D eigenvalue weighted by atomic mass is 16.1. The second-order valence-electron chi connectivity index (χ2n) is 6.55. The molecule has 0 spiro atoms. The molecule has 3 aromatic rings. The maximum Gasteiger partial charge on any atom is 0.274 e. The zero-order valence-electron chi connectivity index (χ0n) is 14.9. The highest BCUT2D eigenvalue weighted by Gasteiger charge is 2.23. The van der Waals surface area contributed by atoms with Gasteiger partial charge in [0.15, 0.2) is 0 Å². The van der Waals surface area contributed by atoms with Crippen LogP contribution < -0.4 is 10.2 Å². The van der Waals surface area contributed by atoms with E-state index in [1.54, 1.807) is 6.07 Å². The van der Waals surface area contributed by atoms with Crippen molar-refractivity contribution >= 4 is 23.2 Å². The van der Waals surface area contributed by atoms with Crippen LogP contribution in [0, 0.1) is 13.8 Å². The number of carbonyl (C=O) groups is 1. The molecule has 1 aliphatic rings. The minimum Gasteiger partial charge on any atom is -0.321 e. The first-order chi connectivity index (χ1) is 12.6. The van der Waals surface area contributed by atoms with E-state index in [9.17, 15) is 4.79 Å². The van der Waals surface area contributed by atoms with E-state index in [4.69, 9.17) is 0 Å². The molecule has 0 saturated heterocycles. The molecule has 1 N–H and O–H groups in total. The highest BCUT2D eigenvalue weighted by molar-refractivity contribution is 6.03. The summed E-state index contributed by atoms with van der Waals surface area (Å²) < 4.78 is 0. The van der Waals surface area contributed by atoms with Gasteiger partial charge >= 0.3 is 0 Å². The SMILES string of the molecule is Cc1ccc(NC(=O)c2cc(C)nc(N3CCc4ccccc43)n2)cc1. The Bertz CT molecular complexity index is 966. The van der Waals surface area contributed by atoms with Gasteiger partial charge in [-0.2, -0.15) is 0 Å². The van der Waals surface area contributed by atoms with E-state index in [0.29, 0.717) is 11.6 Å². The van der Waals surface area contributed by atoms with Crippen LogP contribution in [0.1, 0.15) is 27.3 Å². The van der Waals surface area contributed by atoms with E-state index < -0.39 is 0 Å². The Kier molecular flexibility index (Phi) is 4.13. The fourth-order valence-electron chi connectivity index (χ4n) is 3.17. The third-order valence-corrected chi connectivity index (χ3v) is 4.51. The number of rotatable bonds is 3. The first-order valence-electron chi connectivity index (χ1n) is 8.69. The number of hydrogen-bond donors (Lipinski definition) is 1. The largest absolute Gasteiger partial charge is 0.321 e. The van der Waals surface area contributed by atoms with Crippen molar-refractivity contribution in [2.24, 2.45) is 0 Å². The number of amides is 1. The number of carbonyl (C=O) groups excluding carboxylic acids is 1. The van der Waals surface area contributed by atoms with Gasteiger partial charge in [0.1, 0.15) is 5.69 Å². The molecular weight excluding hydrogens is 324 g/mol. The molecule has 26 heavy (non-hydrogen) atoms. The Morgan fingerprint density at radius 1 is 1.04 bits per heavy atom. The minimum absolute atomic E-state index is 0.229. The highest BCUT2D eigenvalue weighted by Crippen LogP contribution is 2.32. The van der Waals surface area contributed by atoms with Gasteiger partial charge in [-0.15, -0.1) is 0 Å². The summed E-state index contributed by atoms with van der Waals surface area (Å²) >= 11 is 0. The standard InChI is InChI=1S/C21H20N4O/c1-14-7-9-17(10-8-14)23-20(26)18-13-15(2)22-21(24-18)25-12-11-16-5-3-4-6-19(16)25/h3-10,13H,11-12H2,1-2H3,(H,23,26). The maximum absolute atomic E-state index is 12.6. The van der Waals surface area contributed by atoms with Crippen LogP contribution in [0.4, 0.5) is 17.3 Å².